The van der Waals surface area contributed by atoms with E-state index >= 15 is 0 Å². The smallest absolute Gasteiger partial charge is 0.255 e. The Morgan fingerprint density at radius 3 is 2.74 bits per heavy atom. The Hall–Kier alpha value is -3.29. The molecule has 2 aromatic carbocycles. The normalized spacial score (nSPS) is 11.9. The molecule has 0 saturated carbocycles. The summed E-state index contributed by atoms with van der Waals surface area (Å²) < 4.78 is 37.4. The van der Waals surface area contributed by atoms with Gasteiger partial charge >= 0.3 is 0 Å². The number of aromatic nitrogens is 2. The molecule has 0 unspecified atom stereocenters. The Kier molecular flexibility index (Phi) is 5.44. The van der Waals surface area contributed by atoms with Gasteiger partial charge < -0.3 is 14.6 Å². The second-order valence-electron chi connectivity index (χ2n) is 5.88. The fraction of sp³-hybridized carbons (Fsp3) is 0.211. The average Bonchev–Trinajstić information content (AvgIpc) is 3.05. The molecule has 0 aliphatic heterocycles. The van der Waals surface area contributed by atoms with Crippen LogP contribution in [0.1, 0.15) is 40.6 Å². The number of aryl methyl sites for hydroxylation is 1. The number of nitrogens with zero attached hydrogens (tertiary/aromatic N) is 2. The Morgan fingerprint density at radius 2 is 2.04 bits per heavy atom. The van der Waals surface area contributed by atoms with Gasteiger partial charge in [0.2, 0.25) is 11.7 Å². The van der Waals surface area contributed by atoms with E-state index in [-0.39, 0.29) is 17.7 Å². The number of halogens is 2. The number of carbonyl (C=O) groups is 1. The van der Waals surface area contributed by atoms with E-state index in [2.05, 4.69) is 15.5 Å². The summed E-state index contributed by atoms with van der Waals surface area (Å²) in [6.07, 6.45) is 0. The lowest BCUT2D eigenvalue weighted by molar-refractivity contribution is 0.0934. The molecule has 0 aliphatic carbocycles. The number of nitrogens with one attached hydrogen (secondary N) is 1. The van der Waals surface area contributed by atoms with Crippen LogP contribution in [-0.4, -0.2) is 16.0 Å². The van der Waals surface area contributed by atoms with Crippen LogP contribution in [0.4, 0.5) is 8.78 Å². The van der Waals surface area contributed by atoms with Crippen molar-refractivity contribution >= 4 is 5.91 Å². The summed E-state index contributed by atoms with van der Waals surface area (Å²) in [4.78, 5) is 16.6. The summed E-state index contributed by atoms with van der Waals surface area (Å²) in [5.41, 5.74) is 0.456. The van der Waals surface area contributed by atoms with Crippen molar-refractivity contribution in [3.63, 3.8) is 0 Å². The lowest BCUT2D eigenvalue weighted by Gasteiger charge is -2.16. The highest BCUT2D eigenvalue weighted by Gasteiger charge is 2.18. The molecule has 0 aliphatic rings. The molecule has 0 radical (unpaired) electrons. The van der Waals surface area contributed by atoms with Crippen LogP contribution in [0.15, 0.2) is 47.0 Å². The van der Waals surface area contributed by atoms with Crippen molar-refractivity contribution in [1.82, 2.24) is 15.5 Å². The largest absolute Gasteiger partial charge is 0.485 e. The van der Waals surface area contributed by atoms with Gasteiger partial charge in [-0.05, 0) is 25.1 Å². The molecule has 0 fully saturated rings. The maximum Gasteiger partial charge on any atom is 0.255 e. The summed E-state index contributed by atoms with van der Waals surface area (Å²) >= 11 is 0. The molecule has 1 atom stereocenters. The summed E-state index contributed by atoms with van der Waals surface area (Å²) in [6.45, 7) is 3.30. The SMILES string of the molecule is Cc1nc(COc2ccccc2C(=O)N[C@H](C)c2ccc(F)cc2F)no1. The molecule has 1 amide bonds. The fourth-order valence-corrected chi connectivity index (χ4v) is 2.53. The van der Waals surface area contributed by atoms with Gasteiger partial charge in [-0.25, -0.2) is 8.78 Å². The zero-order valence-electron chi connectivity index (χ0n) is 14.7. The zero-order chi connectivity index (χ0) is 19.4. The number of hydrogen-bond donors (Lipinski definition) is 1. The van der Waals surface area contributed by atoms with Gasteiger partial charge in [0.1, 0.15) is 17.4 Å². The molecule has 1 aromatic heterocycles. The first kappa shape index (κ1) is 18.5. The van der Waals surface area contributed by atoms with Crippen molar-refractivity contribution in [2.75, 3.05) is 0 Å². The van der Waals surface area contributed by atoms with Gasteiger partial charge in [0.05, 0.1) is 11.6 Å². The van der Waals surface area contributed by atoms with Gasteiger partial charge in [0.15, 0.2) is 6.61 Å². The van der Waals surface area contributed by atoms with Crippen LogP contribution in [0.3, 0.4) is 0 Å². The first-order valence-corrected chi connectivity index (χ1v) is 8.21. The highest BCUT2D eigenvalue weighted by molar-refractivity contribution is 5.97. The maximum absolute atomic E-state index is 13.9. The second kappa shape index (κ2) is 7.94. The minimum absolute atomic E-state index is 0.0315. The number of hydrogen-bond acceptors (Lipinski definition) is 5. The fourth-order valence-electron chi connectivity index (χ4n) is 2.53. The number of benzene rings is 2. The van der Waals surface area contributed by atoms with Crippen LogP contribution >= 0.6 is 0 Å². The number of ether oxygens (including phenoxy) is 1. The Balaban J connectivity index is 1.72. The molecule has 3 rings (SSSR count). The predicted octanol–water partition coefficient (Wildman–Crippen LogP) is 3.73. The monoisotopic (exact) mass is 373 g/mol. The highest BCUT2D eigenvalue weighted by Crippen LogP contribution is 2.22. The van der Waals surface area contributed by atoms with E-state index in [0.29, 0.717) is 17.5 Å². The van der Waals surface area contributed by atoms with Gasteiger partial charge in [0, 0.05) is 18.6 Å². The third kappa shape index (κ3) is 4.46. The Morgan fingerprint density at radius 1 is 1.26 bits per heavy atom. The second-order valence-corrected chi connectivity index (χ2v) is 5.88. The van der Waals surface area contributed by atoms with Crippen molar-refractivity contribution in [2.45, 2.75) is 26.5 Å². The molecule has 0 saturated heterocycles. The molecule has 1 N–H and O–H groups in total. The van der Waals surface area contributed by atoms with Gasteiger partial charge in [-0.3, -0.25) is 4.79 Å². The molecule has 27 heavy (non-hydrogen) atoms. The average molecular weight is 373 g/mol. The van der Waals surface area contributed by atoms with E-state index in [1.807, 2.05) is 0 Å². The molecule has 140 valence electrons. The van der Waals surface area contributed by atoms with E-state index < -0.39 is 23.6 Å². The first-order chi connectivity index (χ1) is 12.9. The van der Waals surface area contributed by atoms with Crippen molar-refractivity contribution in [3.05, 3.63) is 76.9 Å². The van der Waals surface area contributed by atoms with Crippen LogP contribution in [0.5, 0.6) is 5.75 Å². The molecule has 0 bridgehead atoms. The molecule has 0 spiro atoms. The van der Waals surface area contributed by atoms with Gasteiger partial charge in [-0.15, -0.1) is 0 Å². The quantitative estimate of drug-likeness (QED) is 0.712. The number of para-hydroxylation sites is 1. The van der Waals surface area contributed by atoms with E-state index in [4.69, 9.17) is 9.26 Å². The van der Waals surface area contributed by atoms with Crippen LogP contribution in [0.2, 0.25) is 0 Å². The standard InChI is InChI=1S/C19H17F2N3O3/c1-11(14-8-7-13(20)9-16(14)21)22-19(25)15-5-3-4-6-17(15)26-10-18-23-12(2)27-24-18/h3-9,11H,10H2,1-2H3,(H,22,25)/t11-/m1/s1. The minimum Gasteiger partial charge on any atom is -0.485 e. The maximum atomic E-state index is 13.9. The van der Waals surface area contributed by atoms with Crippen molar-refractivity contribution in [3.8, 4) is 5.75 Å². The number of amides is 1. The molecule has 8 heteroatoms. The summed E-state index contributed by atoms with van der Waals surface area (Å²) in [7, 11) is 0. The highest BCUT2D eigenvalue weighted by atomic mass is 19.1. The Bertz CT molecular complexity index is 959. The lowest BCUT2D eigenvalue weighted by atomic mass is 10.1. The van der Waals surface area contributed by atoms with Gasteiger partial charge in [-0.2, -0.15) is 4.98 Å². The summed E-state index contributed by atoms with van der Waals surface area (Å²) in [5, 5.41) is 6.41. The van der Waals surface area contributed by atoms with E-state index in [9.17, 15) is 13.6 Å². The zero-order valence-corrected chi connectivity index (χ0v) is 14.7. The summed E-state index contributed by atoms with van der Waals surface area (Å²) in [6, 6.07) is 9.18. The van der Waals surface area contributed by atoms with Gasteiger partial charge in [0.25, 0.3) is 5.91 Å². The predicted molar refractivity (Wildman–Crippen MR) is 92.0 cm³/mol. The van der Waals surface area contributed by atoms with E-state index in [1.54, 1.807) is 38.1 Å². The molecular weight excluding hydrogens is 356 g/mol. The van der Waals surface area contributed by atoms with E-state index in [0.717, 1.165) is 12.1 Å². The first-order valence-electron chi connectivity index (χ1n) is 8.21. The van der Waals surface area contributed by atoms with Crippen molar-refractivity contribution in [1.29, 1.82) is 0 Å². The van der Waals surface area contributed by atoms with Crippen molar-refractivity contribution < 1.29 is 22.8 Å². The summed E-state index contributed by atoms with van der Waals surface area (Å²) in [5.74, 6) is -0.764. The van der Waals surface area contributed by atoms with Crippen LogP contribution in [0, 0.1) is 18.6 Å². The topological polar surface area (TPSA) is 77.2 Å². The van der Waals surface area contributed by atoms with Gasteiger partial charge in [-0.1, -0.05) is 23.4 Å². The minimum atomic E-state index is -0.722. The Labute approximate surface area is 154 Å². The number of carbonyl (C=O) groups excluding carboxylic acids is 1. The third-order valence-electron chi connectivity index (χ3n) is 3.83. The van der Waals surface area contributed by atoms with Crippen molar-refractivity contribution in [2.24, 2.45) is 0 Å². The van der Waals surface area contributed by atoms with Crippen LogP contribution in [-0.2, 0) is 6.61 Å². The molecule has 1 heterocycles. The van der Waals surface area contributed by atoms with E-state index in [1.165, 1.54) is 6.07 Å². The third-order valence-corrected chi connectivity index (χ3v) is 3.83. The van der Waals surface area contributed by atoms with Crippen LogP contribution in [0.25, 0.3) is 0 Å². The molecular formula is C19H17F2N3O3. The molecule has 3 aromatic rings. The van der Waals surface area contributed by atoms with Crippen LogP contribution < -0.4 is 10.1 Å². The lowest BCUT2D eigenvalue weighted by Crippen LogP contribution is -2.27. The molecule has 6 nitrogen and oxygen atoms in total. The number of rotatable bonds is 6.